The van der Waals surface area contributed by atoms with Crippen LogP contribution < -0.4 is 14.4 Å². The van der Waals surface area contributed by atoms with Gasteiger partial charge in [-0.2, -0.15) is 0 Å². The summed E-state index contributed by atoms with van der Waals surface area (Å²) in [5.74, 6) is 0.765. The Labute approximate surface area is 192 Å². The summed E-state index contributed by atoms with van der Waals surface area (Å²) in [7, 11) is 1.71. The van der Waals surface area contributed by atoms with E-state index in [1.54, 1.807) is 19.2 Å². The van der Waals surface area contributed by atoms with Gasteiger partial charge in [0.1, 0.15) is 5.75 Å². The second-order valence-corrected chi connectivity index (χ2v) is 9.98. The molecule has 33 heavy (non-hydrogen) atoms. The summed E-state index contributed by atoms with van der Waals surface area (Å²) in [4.78, 5) is 5.65. The van der Waals surface area contributed by atoms with E-state index in [0.717, 1.165) is 44.2 Å². The number of aromatic nitrogens is 1. The molecule has 5 aromatic rings. The van der Waals surface area contributed by atoms with E-state index in [-0.39, 0.29) is 4.90 Å². The van der Waals surface area contributed by atoms with Gasteiger partial charge in [0.25, 0.3) is 10.0 Å². The van der Waals surface area contributed by atoms with Crippen LogP contribution in [0.1, 0.15) is 5.56 Å². The lowest BCUT2D eigenvalue weighted by Crippen LogP contribution is -2.15. The third-order valence-electron chi connectivity index (χ3n) is 6.12. The normalized spacial score (nSPS) is 11.9. The second-order valence-electron chi connectivity index (χ2n) is 8.33. The summed E-state index contributed by atoms with van der Waals surface area (Å²) in [6.45, 7) is 1.92. The van der Waals surface area contributed by atoms with Crippen LogP contribution in [0.15, 0.2) is 71.6 Å². The zero-order chi connectivity index (χ0) is 23.3. The van der Waals surface area contributed by atoms with Crippen LogP contribution in [0.2, 0.25) is 0 Å². The second kappa shape index (κ2) is 7.71. The predicted molar refractivity (Wildman–Crippen MR) is 136 cm³/mol. The first-order valence-corrected chi connectivity index (χ1v) is 12.1. The molecule has 1 aromatic heterocycles. The van der Waals surface area contributed by atoms with Crippen molar-refractivity contribution in [3.05, 3.63) is 72.3 Å². The molecule has 0 atom stereocenters. The van der Waals surface area contributed by atoms with E-state index in [4.69, 9.17) is 4.74 Å². The summed E-state index contributed by atoms with van der Waals surface area (Å²) in [6.07, 6.45) is 0. The zero-order valence-electron chi connectivity index (χ0n) is 18.9. The summed E-state index contributed by atoms with van der Waals surface area (Å²) >= 11 is 0. The molecule has 168 valence electrons. The van der Waals surface area contributed by atoms with Gasteiger partial charge < -0.3 is 14.6 Å². The lowest BCUT2D eigenvalue weighted by atomic mass is 10.1. The Morgan fingerprint density at radius 2 is 1.61 bits per heavy atom. The number of fused-ring (bicyclic) bond motifs is 4. The van der Waals surface area contributed by atoms with Gasteiger partial charge in [-0.1, -0.05) is 30.3 Å². The van der Waals surface area contributed by atoms with E-state index in [1.807, 2.05) is 80.5 Å². The van der Waals surface area contributed by atoms with Crippen LogP contribution in [0.25, 0.3) is 32.6 Å². The maximum absolute atomic E-state index is 13.5. The Morgan fingerprint density at radius 3 is 2.36 bits per heavy atom. The first-order chi connectivity index (χ1) is 15.8. The highest BCUT2D eigenvalue weighted by molar-refractivity contribution is 7.93. The van der Waals surface area contributed by atoms with Crippen LogP contribution in [0.4, 0.5) is 11.4 Å². The number of rotatable bonds is 5. The van der Waals surface area contributed by atoms with Gasteiger partial charge in [-0.15, -0.1) is 0 Å². The van der Waals surface area contributed by atoms with Gasteiger partial charge in [0.2, 0.25) is 0 Å². The van der Waals surface area contributed by atoms with Crippen molar-refractivity contribution < 1.29 is 13.2 Å². The molecule has 0 aliphatic carbocycles. The van der Waals surface area contributed by atoms with E-state index >= 15 is 0 Å². The Bertz CT molecular complexity index is 1640. The molecule has 0 saturated heterocycles. The van der Waals surface area contributed by atoms with Gasteiger partial charge >= 0.3 is 0 Å². The number of methoxy groups -OCH3 is 1. The molecule has 0 spiro atoms. The van der Waals surface area contributed by atoms with Crippen molar-refractivity contribution in [1.29, 1.82) is 0 Å². The average Bonchev–Trinajstić information content (AvgIpc) is 3.18. The lowest BCUT2D eigenvalue weighted by molar-refractivity contribution is 0.415. The molecule has 0 saturated carbocycles. The maximum Gasteiger partial charge on any atom is 0.262 e. The van der Waals surface area contributed by atoms with Crippen LogP contribution in [0, 0.1) is 6.92 Å². The summed E-state index contributed by atoms with van der Waals surface area (Å²) in [6, 6.07) is 20.7. The fraction of sp³-hybridized carbons (Fsp3) is 0.154. The van der Waals surface area contributed by atoms with Crippen molar-refractivity contribution in [2.75, 3.05) is 30.8 Å². The molecule has 5 rings (SSSR count). The molecular weight excluding hydrogens is 434 g/mol. The minimum Gasteiger partial charge on any atom is -0.497 e. The molecule has 0 amide bonds. The first kappa shape index (κ1) is 21.2. The first-order valence-electron chi connectivity index (χ1n) is 10.6. The monoisotopic (exact) mass is 459 g/mol. The number of ether oxygens (including phenoxy) is 1. The lowest BCUT2D eigenvalue weighted by Gasteiger charge is -2.17. The van der Waals surface area contributed by atoms with Crippen LogP contribution in [0.3, 0.4) is 0 Å². The van der Waals surface area contributed by atoms with Gasteiger partial charge in [0, 0.05) is 47.4 Å². The van der Waals surface area contributed by atoms with Crippen molar-refractivity contribution in [2.24, 2.45) is 0 Å². The molecule has 1 heterocycles. The molecule has 4 aromatic carbocycles. The fourth-order valence-corrected chi connectivity index (χ4v) is 5.77. The molecule has 0 radical (unpaired) electrons. The van der Waals surface area contributed by atoms with E-state index in [1.165, 1.54) is 0 Å². The predicted octanol–water partition coefficient (Wildman–Crippen LogP) is 5.66. The number of H-pyrrole nitrogens is 1. The Hall–Kier alpha value is -3.71. The smallest absolute Gasteiger partial charge is 0.262 e. The minimum absolute atomic E-state index is 0.254. The topological polar surface area (TPSA) is 74.4 Å². The van der Waals surface area contributed by atoms with E-state index in [9.17, 15) is 8.42 Å². The van der Waals surface area contributed by atoms with Gasteiger partial charge in [-0.3, -0.25) is 4.72 Å². The number of aromatic amines is 1. The molecular formula is C26H25N3O3S. The summed E-state index contributed by atoms with van der Waals surface area (Å²) < 4.78 is 35.1. The standard InChI is InChI=1S/C26H25N3O3S/c1-16-22(14-13-21-18-12-11-17(32-4)15-23(18)27-26(16)21)28-33(30,31)25-10-6-7-19-20(25)8-5-9-24(19)29(2)3/h5-15,27-28H,1-4H3. The summed E-state index contributed by atoms with van der Waals surface area (Å²) in [5, 5.41) is 3.68. The number of hydrogen-bond acceptors (Lipinski definition) is 4. The van der Waals surface area contributed by atoms with Crippen molar-refractivity contribution in [3.63, 3.8) is 0 Å². The highest BCUT2D eigenvalue weighted by Crippen LogP contribution is 2.35. The van der Waals surface area contributed by atoms with E-state index in [2.05, 4.69) is 9.71 Å². The number of sulfonamides is 1. The largest absolute Gasteiger partial charge is 0.497 e. The highest BCUT2D eigenvalue weighted by atomic mass is 32.2. The minimum atomic E-state index is -3.82. The zero-order valence-corrected chi connectivity index (χ0v) is 19.7. The van der Waals surface area contributed by atoms with Crippen molar-refractivity contribution in [1.82, 2.24) is 4.98 Å². The molecule has 6 nitrogen and oxygen atoms in total. The number of anilines is 2. The third kappa shape index (κ3) is 3.45. The Kier molecular flexibility index (Phi) is 4.94. The molecule has 0 fully saturated rings. The Balaban J connectivity index is 1.61. The molecule has 0 unspecified atom stereocenters. The van der Waals surface area contributed by atoms with Gasteiger partial charge in [-0.05, 0) is 42.8 Å². The van der Waals surface area contributed by atoms with Gasteiger partial charge in [-0.25, -0.2) is 8.42 Å². The van der Waals surface area contributed by atoms with Crippen LogP contribution in [0.5, 0.6) is 5.75 Å². The maximum atomic E-state index is 13.5. The van der Waals surface area contributed by atoms with Crippen molar-refractivity contribution in [3.8, 4) is 5.75 Å². The molecule has 2 N–H and O–H groups in total. The van der Waals surface area contributed by atoms with Gasteiger partial charge in [0.15, 0.2) is 0 Å². The van der Waals surface area contributed by atoms with Gasteiger partial charge in [0.05, 0.1) is 28.7 Å². The van der Waals surface area contributed by atoms with E-state index in [0.29, 0.717) is 11.1 Å². The Morgan fingerprint density at radius 1 is 0.879 bits per heavy atom. The number of hydrogen-bond donors (Lipinski definition) is 2. The van der Waals surface area contributed by atoms with Crippen molar-refractivity contribution in [2.45, 2.75) is 11.8 Å². The number of nitrogens with zero attached hydrogens (tertiary/aromatic N) is 1. The van der Waals surface area contributed by atoms with Crippen molar-refractivity contribution >= 4 is 54.0 Å². The summed E-state index contributed by atoms with van der Waals surface area (Å²) in [5.41, 5.74) is 4.18. The number of aryl methyl sites for hydroxylation is 1. The van der Waals surface area contributed by atoms with Crippen LogP contribution >= 0.6 is 0 Å². The number of benzene rings is 4. The van der Waals surface area contributed by atoms with Crippen LogP contribution in [-0.4, -0.2) is 34.6 Å². The fourth-order valence-electron chi connectivity index (χ4n) is 4.42. The van der Waals surface area contributed by atoms with Crippen LogP contribution in [-0.2, 0) is 10.0 Å². The molecule has 0 bridgehead atoms. The number of nitrogens with one attached hydrogen (secondary N) is 2. The van der Waals surface area contributed by atoms with E-state index < -0.39 is 10.0 Å². The highest BCUT2D eigenvalue weighted by Gasteiger charge is 2.20. The molecule has 0 aliphatic rings. The molecule has 7 heteroatoms. The third-order valence-corrected chi connectivity index (χ3v) is 7.54. The molecule has 0 aliphatic heterocycles. The average molecular weight is 460 g/mol. The quantitative estimate of drug-likeness (QED) is 0.356. The SMILES string of the molecule is COc1ccc2c(c1)[nH]c1c(C)c(NS(=O)(=O)c3cccc4c(N(C)C)cccc34)ccc12.